The van der Waals surface area contributed by atoms with Gasteiger partial charge >= 0.3 is 24.7 Å². The molecular weight excluding hydrogens is 567 g/mol. The van der Waals surface area contributed by atoms with Crippen LogP contribution in [-0.4, -0.2) is 61.1 Å². The number of hydrogen-bond acceptors (Lipinski definition) is 7. The molecule has 1 heterocycles. The van der Waals surface area contributed by atoms with E-state index in [1.807, 2.05) is 4.74 Å². The molecule has 0 N–H and O–H groups in total. The van der Waals surface area contributed by atoms with E-state index in [0.717, 1.165) is 25.7 Å². The third-order valence-corrected chi connectivity index (χ3v) is 4.84. The zero-order chi connectivity index (χ0) is 29.9. The molecule has 0 bridgehead atoms. The highest BCUT2D eigenvalue weighted by molar-refractivity contribution is 5.60. The van der Waals surface area contributed by atoms with Gasteiger partial charge in [-0.1, -0.05) is 26.2 Å². The molecule has 0 saturated carbocycles. The van der Waals surface area contributed by atoms with Crippen LogP contribution in [0.15, 0.2) is 36.7 Å². The summed E-state index contributed by atoms with van der Waals surface area (Å²) in [6, 6.07) is 6.57. The standard InChI is InChI=1S/C24H27F9N2O5/c1-2-3-4-5-13-38-19-15-17(20-34-10-6-11-35-20)8-9-18(19)37-14-7-12-36-16-21(25,26)39-22(27,28)23(29,30)40-24(31,32)33/h6,8-11,15H,2-5,7,12-14,16H2,1H3. The molecule has 0 spiro atoms. The Hall–Kier alpha value is -2.85. The predicted molar refractivity (Wildman–Crippen MR) is 121 cm³/mol. The van der Waals surface area contributed by atoms with Crippen LogP contribution >= 0.6 is 0 Å². The van der Waals surface area contributed by atoms with Crippen molar-refractivity contribution in [1.82, 2.24) is 9.97 Å². The van der Waals surface area contributed by atoms with Crippen LogP contribution in [0.5, 0.6) is 11.5 Å². The summed E-state index contributed by atoms with van der Waals surface area (Å²) in [5.41, 5.74) is 0.644. The normalized spacial score (nSPS) is 12.9. The van der Waals surface area contributed by atoms with Crippen LogP contribution in [0.2, 0.25) is 0 Å². The summed E-state index contributed by atoms with van der Waals surface area (Å²) in [7, 11) is 0. The molecule has 0 aliphatic carbocycles. The molecule has 0 unspecified atom stereocenters. The Labute approximate surface area is 223 Å². The number of aromatic nitrogens is 2. The summed E-state index contributed by atoms with van der Waals surface area (Å²) in [5.74, 6) is 1.11. The highest BCUT2D eigenvalue weighted by atomic mass is 19.4. The Morgan fingerprint density at radius 3 is 1.98 bits per heavy atom. The summed E-state index contributed by atoms with van der Waals surface area (Å²) in [5, 5.41) is 0. The quantitative estimate of drug-likeness (QED) is 0.133. The van der Waals surface area contributed by atoms with Gasteiger partial charge in [0, 0.05) is 24.4 Å². The lowest BCUT2D eigenvalue weighted by atomic mass is 10.2. The van der Waals surface area contributed by atoms with Crippen molar-refractivity contribution >= 4 is 0 Å². The van der Waals surface area contributed by atoms with E-state index in [4.69, 9.17) is 9.47 Å². The number of halogens is 9. The van der Waals surface area contributed by atoms with E-state index in [-0.39, 0.29) is 13.0 Å². The predicted octanol–water partition coefficient (Wildman–Crippen LogP) is 7.22. The van der Waals surface area contributed by atoms with Crippen molar-refractivity contribution in [3.63, 3.8) is 0 Å². The van der Waals surface area contributed by atoms with E-state index >= 15 is 0 Å². The number of nitrogens with zero attached hydrogens (tertiary/aromatic N) is 2. The van der Waals surface area contributed by atoms with Gasteiger partial charge in [0.1, 0.15) is 6.61 Å². The molecule has 7 nitrogen and oxygen atoms in total. The lowest BCUT2D eigenvalue weighted by Gasteiger charge is -2.29. The van der Waals surface area contributed by atoms with E-state index in [0.29, 0.717) is 29.5 Å². The molecule has 0 atom stereocenters. The Balaban J connectivity index is 1.88. The molecule has 0 amide bonds. The summed E-state index contributed by atoms with van der Waals surface area (Å²) in [6.07, 6.45) is -17.2. The van der Waals surface area contributed by atoms with E-state index in [9.17, 15) is 39.5 Å². The van der Waals surface area contributed by atoms with Crippen molar-refractivity contribution in [2.45, 2.75) is 63.7 Å². The van der Waals surface area contributed by atoms with Crippen LogP contribution in [0.4, 0.5) is 39.5 Å². The maximum Gasteiger partial charge on any atom is 0.527 e. The van der Waals surface area contributed by atoms with Crippen molar-refractivity contribution in [3.05, 3.63) is 36.7 Å². The minimum Gasteiger partial charge on any atom is -0.490 e. The first-order valence-electron chi connectivity index (χ1n) is 12.0. The number of unbranched alkanes of at least 4 members (excludes halogenated alkanes) is 3. The molecule has 16 heteroatoms. The van der Waals surface area contributed by atoms with Crippen molar-refractivity contribution in [3.8, 4) is 22.9 Å². The fourth-order valence-electron chi connectivity index (χ4n) is 3.05. The van der Waals surface area contributed by atoms with Crippen LogP contribution in [0.25, 0.3) is 11.4 Å². The topological polar surface area (TPSA) is 71.9 Å². The molecule has 226 valence electrons. The molecule has 2 aromatic rings. The summed E-state index contributed by atoms with van der Waals surface area (Å²) in [6.45, 7) is -0.139. The molecule has 1 aromatic carbocycles. The molecule has 40 heavy (non-hydrogen) atoms. The summed E-state index contributed by atoms with van der Waals surface area (Å²) >= 11 is 0. The lowest BCUT2D eigenvalue weighted by molar-refractivity contribution is -0.530. The maximum atomic E-state index is 13.5. The number of ether oxygens (including phenoxy) is 5. The minimum atomic E-state index is -6.42. The number of benzene rings is 1. The van der Waals surface area contributed by atoms with Gasteiger partial charge in [0.25, 0.3) is 0 Å². The summed E-state index contributed by atoms with van der Waals surface area (Å²) < 4.78 is 135. The SMILES string of the molecule is CCCCCCOc1cc(-c2ncccn2)ccc1OCCCOCC(F)(F)OC(F)(F)C(F)(F)OC(F)(F)F. The Bertz CT molecular complexity index is 1030. The molecule has 2 rings (SSSR count). The maximum absolute atomic E-state index is 13.5. The van der Waals surface area contributed by atoms with Crippen molar-refractivity contribution in [1.29, 1.82) is 0 Å². The molecule has 0 fully saturated rings. The van der Waals surface area contributed by atoms with Crippen molar-refractivity contribution in [2.75, 3.05) is 26.4 Å². The zero-order valence-corrected chi connectivity index (χ0v) is 21.2. The van der Waals surface area contributed by atoms with Gasteiger partial charge < -0.3 is 14.2 Å². The number of rotatable bonds is 18. The largest absolute Gasteiger partial charge is 0.527 e. The fourth-order valence-corrected chi connectivity index (χ4v) is 3.05. The molecule has 0 saturated heterocycles. The van der Waals surface area contributed by atoms with E-state index in [2.05, 4.69) is 26.4 Å². The smallest absolute Gasteiger partial charge is 0.490 e. The van der Waals surface area contributed by atoms with E-state index in [1.165, 1.54) is 0 Å². The average molecular weight is 594 g/mol. The van der Waals surface area contributed by atoms with Crippen molar-refractivity contribution < 1.29 is 63.2 Å². The molecule has 1 aromatic heterocycles. The second-order valence-corrected chi connectivity index (χ2v) is 8.22. The minimum absolute atomic E-state index is 0.0701. The first kappa shape index (κ1) is 33.4. The zero-order valence-electron chi connectivity index (χ0n) is 21.2. The fraction of sp³-hybridized carbons (Fsp3) is 0.583. The highest BCUT2D eigenvalue weighted by Crippen LogP contribution is 2.43. The van der Waals surface area contributed by atoms with Gasteiger partial charge in [0.2, 0.25) is 0 Å². The second kappa shape index (κ2) is 14.7. The Morgan fingerprint density at radius 1 is 0.700 bits per heavy atom. The third kappa shape index (κ3) is 11.3. The van der Waals surface area contributed by atoms with Gasteiger partial charge in [-0.15, -0.1) is 13.2 Å². The molecule has 0 aliphatic rings. The van der Waals surface area contributed by atoms with Gasteiger partial charge in [0.15, 0.2) is 17.3 Å². The van der Waals surface area contributed by atoms with Crippen LogP contribution < -0.4 is 9.47 Å². The van der Waals surface area contributed by atoms with Gasteiger partial charge in [-0.3, -0.25) is 0 Å². The summed E-state index contributed by atoms with van der Waals surface area (Å²) in [4.78, 5) is 8.33. The van der Waals surface area contributed by atoms with Crippen molar-refractivity contribution in [2.24, 2.45) is 0 Å². The Morgan fingerprint density at radius 2 is 1.32 bits per heavy atom. The lowest BCUT2D eigenvalue weighted by Crippen LogP contribution is -2.51. The third-order valence-electron chi connectivity index (χ3n) is 4.84. The monoisotopic (exact) mass is 594 g/mol. The van der Waals surface area contributed by atoms with Gasteiger partial charge in [-0.2, -0.15) is 26.3 Å². The van der Waals surface area contributed by atoms with Gasteiger partial charge in [-0.05, 0) is 30.7 Å². The second-order valence-electron chi connectivity index (χ2n) is 8.22. The van der Waals surface area contributed by atoms with E-state index in [1.54, 1.807) is 36.7 Å². The van der Waals surface area contributed by atoms with E-state index < -0.39 is 37.9 Å². The van der Waals surface area contributed by atoms with Gasteiger partial charge in [0.05, 0.1) is 19.8 Å². The van der Waals surface area contributed by atoms with Crippen LogP contribution in [0.3, 0.4) is 0 Å². The van der Waals surface area contributed by atoms with Crippen LogP contribution in [-0.2, 0) is 14.2 Å². The molecular formula is C24H27F9N2O5. The Kier molecular flexibility index (Phi) is 12.2. The molecule has 0 radical (unpaired) electrons. The highest BCUT2D eigenvalue weighted by Gasteiger charge is 2.67. The molecule has 0 aliphatic heterocycles. The van der Waals surface area contributed by atoms with Gasteiger partial charge in [-0.25, -0.2) is 19.4 Å². The van der Waals surface area contributed by atoms with Crippen LogP contribution in [0.1, 0.15) is 39.0 Å². The first-order valence-corrected chi connectivity index (χ1v) is 12.0. The number of hydrogen-bond donors (Lipinski definition) is 0. The van der Waals surface area contributed by atoms with Crippen LogP contribution in [0, 0.1) is 0 Å². The number of alkyl halides is 9. The average Bonchev–Trinajstić information content (AvgIpc) is 2.85. The first-order chi connectivity index (χ1) is 18.7.